The van der Waals surface area contributed by atoms with Crippen molar-refractivity contribution in [2.75, 3.05) is 11.9 Å². The molecule has 3 N–H and O–H groups in total. The molecule has 1 aliphatic carbocycles. The summed E-state index contributed by atoms with van der Waals surface area (Å²) in [5.74, 6) is 0.699. The molecule has 1 aliphatic heterocycles. The molecule has 0 unspecified atom stereocenters. The lowest BCUT2D eigenvalue weighted by Gasteiger charge is -2.27. The van der Waals surface area contributed by atoms with E-state index < -0.39 is 0 Å². The lowest BCUT2D eigenvalue weighted by molar-refractivity contribution is 0.104. The number of nitrogens with zero attached hydrogens (tertiary/aromatic N) is 2. The molecule has 0 saturated heterocycles. The van der Waals surface area contributed by atoms with Crippen molar-refractivity contribution in [1.29, 1.82) is 0 Å². The highest BCUT2D eigenvalue weighted by molar-refractivity contribution is 9.10. The maximum absolute atomic E-state index is 13.5. The van der Waals surface area contributed by atoms with Crippen molar-refractivity contribution < 1.29 is 9.90 Å². The summed E-state index contributed by atoms with van der Waals surface area (Å²) in [7, 11) is 0. The highest BCUT2D eigenvalue weighted by atomic mass is 79.9. The van der Waals surface area contributed by atoms with E-state index in [1.807, 2.05) is 13.0 Å². The van der Waals surface area contributed by atoms with Crippen molar-refractivity contribution in [2.45, 2.75) is 51.3 Å². The Kier molecular flexibility index (Phi) is 6.35. The molecule has 4 atom stereocenters. The third-order valence-electron chi connectivity index (χ3n) is 6.79. The Morgan fingerprint density at radius 3 is 2.91 bits per heavy atom. The van der Waals surface area contributed by atoms with Gasteiger partial charge in [-0.3, -0.25) is 4.79 Å². The van der Waals surface area contributed by atoms with Crippen LogP contribution in [0.3, 0.4) is 0 Å². The van der Waals surface area contributed by atoms with E-state index in [2.05, 4.69) is 61.7 Å². The lowest BCUT2D eigenvalue weighted by atomic mass is 9.90. The summed E-state index contributed by atoms with van der Waals surface area (Å²) in [6.07, 6.45) is 5.23. The zero-order chi connectivity index (χ0) is 23.1. The highest BCUT2D eigenvalue weighted by Crippen LogP contribution is 2.37. The van der Waals surface area contributed by atoms with Crippen LogP contribution in [0, 0.1) is 12.8 Å². The first-order chi connectivity index (χ1) is 15.9. The predicted octanol–water partition coefficient (Wildman–Crippen LogP) is 4.65. The van der Waals surface area contributed by atoms with Crippen molar-refractivity contribution in [3.05, 3.63) is 73.3 Å². The molecule has 2 aliphatic rings. The number of rotatable bonds is 5. The van der Waals surface area contributed by atoms with Crippen LogP contribution in [-0.2, 0) is 6.42 Å². The van der Waals surface area contributed by atoms with Gasteiger partial charge in [0.25, 0.3) is 0 Å². The van der Waals surface area contributed by atoms with E-state index >= 15 is 0 Å². The van der Waals surface area contributed by atoms with Crippen LogP contribution in [0.2, 0.25) is 0 Å². The minimum atomic E-state index is -0.322. The molecule has 8 heteroatoms. The van der Waals surface area contributed by atoms with Gasteiger partial charge in [-0.05, 0) is 67.0 Å². The average molecular weight is 527 g/mol. The molecule has 1 fully saturated rings. The van der Waals surface area contributed by atoms with E-state index in [0.29, 0.717) is 22.7 Å². The second-order valence-corrected chi connectivity index (χ2v) is 11.2. The molecule has 2 aromatic heterocycles. The first kappa shape index (κ1) is 22.7. The number of hydrogen-bond donors (Lipinski definition) is 3. The first-order valence-electron chi connectivity index (χ1n) is 11.3. The summed E-state index contributed by atoms with van der Waals surface area (Å²) in [6.45, 7) is 5.03. The monoisotopic (exact) mass is 526 g/mol. The number of aryl methyl sites for hydroxylation is 1. The number of hydrogen-bond acceptors (Lipinski definition) is 7. The zero-order valence-electron chi connectivity index (χ0n) is 18.6. The van der Waals surface area contributed by atoms with Crippen LogP contribution in [0.25, 0.3) is 0 Å². The largest absolute Gasteiger partial charge is 0.393 e. The van der Waals surface area contributed by atoms with E-state index in [-0.39, 0.29) is 29.9 Å². The minimum absolute atomic E-state index is 0.0649. The molecule has 172 valence electrons. The van der Waals surface area contributed by atoms with Gasteiger partial charge in [0.1, 0.15) is 12.1 Å². The Bertz CT molecular complexity index is 1190. The third-order valence-corrected chi connectivity index (χ3v) is 8.35. The lowest BCUT2D eigenvalue weighted by Crippen LogP contribution is -2.30. The number of thiophene rings is 1. The SMILES string of the molecule is Cc1sc(C(=O)c2cncnc2N[C@@H]2C[C@@H](C)[C@H](O)C2)cc1[C@H]1NCCc2ccc(Br)cc21. The second kappa shape index (κ2) is 9.25. The van der Waals surface area contributed by atoms with Crippen LogP contribution in [-0.4, -0.2) is 39.5 Å². The average Bonchev–Trinajstić information content (AvgIpc) is 3.34. The van der Waals surface area contributed by atoms with E-state index in [1.165, 1.54) is 28.8 Å². The summed E-state index contributed by atoms with van der Waals surface area (Å²) in [5.41, 5.74) is 4.21. The van der Waals surface area contributed by atoms with Crippen molar-refractivity contribution in [2.24, 2.45) is 5.92 Å². The fourth-order valence-corrected chi connectivity index (χ4v) is 6.37. The van der Waals surface area contributed by atoms with Crippen molar-refractivity contribution >= 4 is 38.9 Å². The fraction of sp³-hybridized carbons (Fsp3) is 0.400. The zero-order valence-corrected chi connectivity index (χ0v) is 21.0. The van der Waals surface area contributed by atoms with Gasteiger partial charge in [0.15, 0.2) is 0 Å². The van der Waals surface area contributed by atoms with Crippen LogP contribution in [0.5, 0.6) is 0 Å². The molecule has 5 rings (SSSR count). The van der Waals surface area contributed by atoms with Crippen LogP contribution < -0.4 is 10.6 Å². The Morgan fingerprint density at radius 2 is 2.12 bits per heavy atom. The molecule has 3 heterocycles. The van der Waals surface area contributed by atoms with Crippen LogP contribution in [0.1, 0.15) is 62.6 Å². The van der Waals surface area contributed by atoms with Gasteiger partial charge in [0.2, 0.25) is 5.78 Å². The number of aliphatic hydroxyl groups is 1. The molecule has 0 radical (unpaired) electrons. The number of carbonyl (C=O) groups is 1. The van der Waals surface area contributed by atoms with E-state index in [9.17, 15) is 9.90 Å². The molecule has 3 aromatic rings. The van der Waals surface area contributed by atoms with Crippen LogP contribution in [0.4, 0.5) is 5.82 Å². The first-order valence-corrected chi connectivity index (χ1v) is 12.9. The number of aromatic nitrogens is 2. The van der Waals surface area contributed by atoms with Gasteiger partial charge < -0.3 is 15.7 Å². The molecule has 0 spiro atoms. The summed E-state index contributed by atoms with van der Waals surface area (Å²) in [4.78, 5) is 23.8. The number of benzene rings is 1. The number of nitrogens with one attached hydrogen (secondary N) is 2. The maximum Gasteiger partial charge on any atom is 0.208 e. The number of ketones is 1. The fourth-order valence-electron chi connectivity index (χ4n) is 4.98. The quantitative estimate of drug-likeness (QED) is 0.419. The Hall–Kier alpha value is -2.13. The number of anilines is 1. The van der Waals surface area contributed by atoms with Gasteiger partial charge in [-0.25, -0.2) is 9.97 Å². The van der Waals surface area contributed by atoms with Gasteiger partial charge in [-0.1, -0.05) is 28.9 Å². The Morgan fingerprint density at radius 1 is 1.27 bits per heavy atom. The molecular weight excluding hydrogens is 500 g/mol. The van der Waals surface area contributed by atoms with Crippen LogP contribution in [0.15, 0.2) is 41.3 Å². The Balaban J connectivity index is 1.43. The highest BCUT2D eigenvalue weighted by Gasteiger charge is 2.31. The van der Waals surface area contributed by atoms with Crippen molar-refractivity contribution in [3.63, 3.8) is 0 Å². The van der Waals surface area contributed by atoms with Gasteiger partial charge in [0, 0.05) is 28.1 Å². The third kappa shape index (κ3) is 4.49. The summed E-state index contributed by atoms with van der Waals surface area (Å²) in [5, 5.41) is 17.1. The number of fused-ring (bicyclic) bond motifs is 1. The maximum atomic E-state index is 13.5. The predicted molar refractivity (Wildman–Crippen MR) is 134 cm³/mol. The molecule has 33 heavy (non-hydrogen) atoms. The van der Waals surface area contributed by atoms with Gasteiger partial charge in [0.05, 0.1) is 22.6 Å². The molecule has 1 aromatic carbocycles. The van der Waals surface area contributed by atoms with E-state index in [4.69, 9.17) is 0 Å². The normalized spacial score (nSPS) is 24.5. The van der Waals surface area contributed by atoms with Crippen molar-refractivity contribution in [1.82, 2.24) is 15.3 Å². The summed E-state index contributed by atoms with van der Waals surface area (Å²) < 4.78 is 1.06. The molecule has 6 nitrogen and oxygen atoms in total. The van der Waals surface area contributed by atoms with Crippen LogP contribution >= 0.6 is 27.3 Å². The molecular formula is C25H27BrN4O2S. The second-order valence-electron chi connectivity index (χ2n) is 9.07. The minimum Gasteiger partial charge on any atom is -0.393 e. The number of halogens is 1. The van der Waals surface area contributed by atoms with Gasteiger partial charge in [-0.15, -0.1) is 11.3 Å². The summed E-state index contributed by atoms with van der Waals surface area (Å²) >= 11 is 5.12. The smallest absolute Gasteiger partial charge is 0.208 e. The molecule has 0 bridgehead atoms. The van der Waals surface area contributed by atoms with Gasteiger partial charge >= 0.3 is 0 Å². The standard InChI is InChI=1S/C25H27BrN4O2S/c1-13-7-17(9-21(13)31)30-25-20(11-27-12-29-25)24(32)22-10-18(14(2)33-22)23-19-8-16(26)4-3-15(19)5-6-28-23/h3-4,8,10-13,17,21,23,28,31H,5-7,9H2,1-2H3,(H,27,29,30)/t13-,17-,21-,23-/m1/s1. The van der Waals surface area contributed by atoms with Gasteiger partial charge in [-0.2, -0.15) is 0 Å². The van der Waals surface area contributed by atoms with E-state index in [1.54, 1.807) is 6.20 Å². The Labute approximate surface area is 206 Å². The number of aliphatic hydroxyl groups excluding tert-OH is 1. The molecule has 1 saturated carbocycles. The molecule has 0 amide bonds. The van der Waals surface area contributed by atoms with Crippen molar-refractivity contribution in [3.8, 4) is 0 Å². The topological polar surface area (TPSA) is 87.1 Å². The number of carbonyl (C=O) groups excluding carboxylic acids is 1. The van der Waals surface area contributed by atoms with E-state index in [0.717, 1.165) is 34.3 Å². The summed E-state index contributed by atoms with van der Waals surface area (Å²) in [6, 6.07) is 8.63.